The number of ether oxygens (including phenoxy) is 2. The van der Waals surface area contributed by atoms with Crippen LogP contribution in [0.1, 0.15) is 24.8 Å². The molecule has 1 aliphatic carbocycles. The number of piperidine rings is 1. The molecule has 180 valence electrons. The standard InChI is InChI=1S/C21H21FN4O4.C3H5F/c1-29-12-21(28)26-7-5-19(17(22)11-26)30-18-3-2-14(8-16(18)10-23)15-4-6-24-20(9-15)25-13-27;4-3-1-2-3/h2-4,6,8-9,13,17,19H,5,7,11-12H2,1H3,(H,24,25,27);3H,1-2H2. The number of pyridine rings is 1. The quantitative estimate of drug-likeness (QED) is 0.621. The van der Waals surface area contributed by atoms with Crippen molar-refractivity contribution in [2.45, 2.75) is 37.7 Å². The summed E-state index contributed by atoms with van der Waals surface area (Å²) >= 11 is 0. The van der Waals surface area contributed by atoms with Gasteiger partial charge < -0.3 is 19.7 Å². The van der Waals surface area contributed by atoms with E-state index in [0.29, 0.717) is 25.2 Å². The zero-order chi connectivity index (χ0) is 24.5. The van der Waals surface area contributed by atoms with Crippen molar-refractivity contribution in [2.24, 2.45) is 0 Å². The number of rotatable bonds is 7. The minimum absolute atomic E-state index is 0.0731. The SMILES string of the molecule is COCC(=O)N1CCC(Oc2ccc(-c3ccnc(NC=O)c3)cc2C#N)C(F)C1.FC1CC1. The maximum Gasteiger partial charge on any atom is 0.248 e. The molecule has 0 spiro atoms. The molecule has 2 atom stereocenters. The van der Waals surface area contributed by atoms with Crippen molar-refractivity contribution in [1.29, 1.82) is 5.26 Å². The lowest BCUT2D eigenvalue weighted by atomic mass is 10.0. The molecule has 8 nitrogen and oxygen atoms in total. The zero-order valence-electron chi connectivity index (χ0n) is 18.7. The van der Waals surface area contributed by atoms with Gasteiger partial charge in [-0.25, -0.2) is 13.8 Å². The molecule has 2 aromatic rings. The number of hydrogen-bond acceptors (Lipinski definition) is 6. The summed E-state index contributed by atoms with van der Waals surface area (Å²) < 4.78 is 36.3. The number of alkyl halides is 2. The second kappa shape index (κ2) is 12.0. The molecule has 2 amide bonds. The fourth-order valence-corrected chi connectivity index (χ4v) is 3.33. The molecule has 4 rings (SSSR count). The molecule has 1 saturated heterocycles. The lowest BCUT2D eigenvalue weighted by Crippen LogP contribution is -2.50. The number of nitrogens with one attached hydrogen (secondary N) is 1. The van der Waals surface area contributed by atoms with Crippen molar-refractivity contribution < 1.29 is 27.8 Å². The van der Waals surface area contributed by atoms with Crippen LogP contribution in [0.5, 0.6) is 5.75 Å². The average molecular weight is 472 g/mol. The Morgan fingerprint density at radius 3 is 2.62 bits per heavy atom. The fraction of sp³-hybridized carbons (Fsp3) is 0.417. The first kappa shape index (κ1) is 25.1. The van der Waals surface area contributed by atoms with Gasteiger partial charge in [0.2, 0.25) is 12.3 Å². The number of halogens is 2. The molecule has 1 saturated carbocycles. The van der Waals surface area contributed by atoms with Crippen LogP contribution in [0.15, 0.2) is 36.5 Å². The van der Waals surface area contributed by atoms with Crippen LogP contribution >= 0.6 is 0 Å². The Bertz CT molecular complexity index is 1040. The van der Waals surface area contributed by atoms with Crippen molar-refractivity contribution >= 4 is 18.1 Å². The van der Waals surface area contributed by atoms with E-state index in [-0.39, 0.29) is 30.4 Å². The van der Waals surface area contributed by atoms with Crippen molar-refractivity contribution in [3.05, 3.63) is 42.1 Å². The second-order valence-corrected chi connectivity index (χ2v) is 7.92. The van der Waals surface area contributed by atoms with Gasteiger partial charge in [0.15, 0.2) is 6.17 Å². The van der Waals surface area contributed by atoms with Crippen LogP contribution in [0.3, 0.4) is 0 Å². The van der Waals surface area contributed by atoms with Crippen molar-refractivity contribution in [2.75, 3.05) is 32.1 Å². The van der Waals surface area contributed by atoms with Crippen LogP contribution in [0.4, 0.5) is 14.6 Å². The Kier molecular flexibility index (Phi) is 8.87. The molecule has 0 bridgehead atoms. The van der Waals surface area contributed by atoms with Crippen LogP contribution in [-0.4, -0.2) is 67.5 Å². The number of anilines is 1. The lowest BCUT2D eigenvalue weighted by Gasteiger charge is -2.34. The molecular weight excluding hydrogens is 446 g/mol. The Balaban J connectivity index is 0.000000732. The van der Waals surface area contributed by atoms with Gasteiger partial charge in [0, 0.05) is 26.3 Å². The highest BCUT2D eigenvalue weighted by Gasteiger charge is 2.33. The largest absolute Gasteiger partial charge is 0.486 e. The van der Waals surface area contributed by atoms with E-state index in [1.165, 1.54) is 12.0 Å². The van der Waals surface area contributed by atoms with Crippen molar-refractivity contribution in [3.8, 4) is 22.9 Å². The fourth-order valence-electron chi connectivity index (χ4n) is 3.33. The van der Waals surface area contributed by atoms with E-state index in [1.54, 1.807) is 36.5 Å². The third-order valence-corrected chi connectivity index (χ3v) is 5.29. The van der Waals surface area contributed by atoms with Crippen LogP contribution in [0, 0.1) is 11.3 Å². The summed E-state index contributed by atoms with van der Waals surface area (Å²) in [4.78, 5) is 27.9. The lowest BCUT2D eigenvalue weighted by molar-refractivity contribution is -0.139. The molecule has 2 heterocycles. The number of benzene rings is 1. The number of carbonyl (C=O) groups excluding carboxylic acids is 2. The minimum Gasteiger partial charge on any atom is -0.486 e. The van der Waals surface area contributed by atoms with Gasteiger partial charge in [0.1, 0.15) is 36.5 Å². The summed E-state index contributed by atoms with van der Waals surface area (Å²) in [5.74, 6) is 0.406. The molecule has 0 radical (unpaired) electrons. The molecule has 2 aliphatic rings. The van der Waals surface area contributed by atoms with E-state index in [2.05, 4.69) is 16.4 Å². The third-order valence-electron chi connectivity index (χ3n) is 5.29. The summed E-state index contributed by atoms with van der Waals surface area (Å²) in [5, 5.41) is 12.0. The van der Waals surface area contributed by atoms with E-state index >= 15 is 0 Å². The highest BCUT2D eigenvalue weighted by Crippen LogP contribution is 2.30. The molecule has 1 aliphatic heterocycles. The molecule has 10 heteroatoms. The maximum absolute atomic E-state index is 14.6. The number of nitrogens with zero attached hydrogens (tertiary/aromatic N) is 3. The van der Waals surface area contributed by atoms with Gasteiger partial charge >= 0.3 is 0 Å². The number of carbonyl (C=O) groups is 2. The summed E-state index contributed by atoms with van der Waals surface area (Å²) in [5.41, 5.74) is 1.75. The Labute approximate surface area is 196 Å². The zero-order valence-corrected chi connectivity index (χ0v) is 18.7. The van der Waals surface area contributed by atoms with Gasteiger partial charge in [0.05, 0.1) is 12.1 Å². The molecular formula is C24H26F2N4O4. The van der Waals surface area contributed by atoms with Crippen LogP contribution in [0.25, 0.3) is 11.1 Å². The number of likely N-dealkylation sites (tertiary alicyclic amines) is 1. The average Bonchev–Trinajstić information content (AvgIpc) is 3.63. The number of amides is 2. The van der Waals surface area contributed by atoms with E-state index in [0.717, 1.165) is 24.0 Å². The Morgan fingerprint density at radius 1 is 1.26 bits per heavy atom. The van der Waals surface area contributed by atoms with E-state index < -0.39 is 18.4 Å². The van der Waals surface area contributed by atoms with Gasteiger partial charge in [-0.3, -0.25) is 9.59 Å². The first-order valence-corrected chi connectivity index (χ1v) is 10.9. The minimum atomic E-state index is -1.37. The smallest absolute Gasteiger partial charge is 0.248 e. The first-order valence-electron chi connectivity index (χ1n) is 10.9. The normalized spacial score (nSPS) is 19.3. The van der Waals surface area contributed by atoms with E-state index in [9.17, 15) is 23.6 Å². The van der Waals surface area contributed by atoms with E-state index in [1.807, 2.05) is 0 Å². The van der Waals surface area contributed by atoms with Crippen molar-refractivity contribution in [3.63, 3.8) is 0 Å². The van der Waals surface area contributed by atoms with Crippen LogP contribution in [-0.2, 0) is 14.3 Å². The van der Waals surface area contributed by atoms with Gasteiger partial charge in [-0.05, 0) is 48.2 Å². The second-order valence-electron chi connectivity index (χ2n) is 7.92. The van der Waals surface area contributed by atoms with Gasteiger partial charge in [-0.2, -0.15) is 5.26 Å². The summed E-state index contributed by atoms with van der Waals surface area (Å²) in [6, 6.07) is 10.5. The molecule has 2 unspecified atom stereocenters. The molecule has 34 heavy (non-hydrogen) atoms. The monoisotopic (exact) mass is 472 g/mol. The Morgan fingerprint density at radius 2 is 2.00 bits per heavy atom. The number of aromatic nitrogens is 1. The van der Waals surface area contributed by atoms with Crippen LogP contribution < -0.4 is 10.1 Å². The van der Waals surface area contributed by atoms with Gasteiger partial charge in [0.25, 0.3) is 0 Å². The first-order chi connectivity index (χ1) is 16.4. The highest BCUT2D eigenvalue weighted by molar-refractivity contribution is 5.77. The molecule has 1 aromatic heterocycles. The molecule has 1 aromatic carbocycles. The predicted octanol–water partition coefficient (Wildman–Crippen LogP) is 3.27. The summed E-state index contributed by atoms with van der Waals surface area (Å²) in [6.07, 6.45) is 1.49. The highest BCUT2D eigenvalue weighted by atomic mass is 19.1. The van der Waals surface area contributed by atoms with E-state index in [4.69, 9.17) is 9.47 Å². The maximum atomic E-state index is 14.6. The third kappa shape index (κ3) is 6.96. The van der Waals surface area contributed by atoms with Gasteiger partial charge in [-0.15, -0.1) is 0 Å². The Hall–Kier alpha value is -3.58. The van der Waals surface area contributed by atoms with Crippen LogP contribution in [0.2, 0.25) is 0 Å². The number of nitriles is 1. The van der Waals surface area contributed by atoms with Gasteiger partial charge in [-0.1, -0.05) is 6.07 Å². The number of methoxy groups -OCH3 is 1. The molecule has 2 fully saturated rings. The summed E-state index contributed by atoms with van der Waals surface area (Å²) in [7, 11) is 1.42. The predicted molar refractivity (Wildman–Crippen MR) is 121 cm³/mol. The van der Waals surface area contributed by atoms with Crippen molar-refractivity contribution in [1.82, 2.24) is 9.88 Å². The topological polar surface area (TPSA) is 105 Å². The number of hydrogen-bond donors (Lipinski definition) is 1. The molecule has 1 N–H and O–H groups in total. The summed E-state index contributed by atoms with van der Waals surface area (Å²) in [6.45, 7) is 0.199.